The predicted molar refractivity (Wildman–Crippen MR) is 62.7 cm³/mol. The summed E-state index contributed by atoms with van der Waals surface area (Å²) < 4.78 is 0. The van der Waals surface area contributed by atoms with Gasteiger partial charge in [-0.15, -0.1) is 11.3 Å². The lowest BCUT2D eigenvalue weighted by Gasteiger charge is -2.13. The van der Waals surface area contributed by atoms with Gasteiger partial charge in [0.05, 0.1) is 10.7 Å². The maximum absolute atomic E-state index is 4.59. The molecular formula is C11H18N2S. The van der Waals surface area contributed by atoms with Gasteiger partial charge in [-0.3, -0.25) is 0 Å². The van der Waals surface area contributed by atoms with Crippen LogP contribution in [0.4, 0.5) is 0 Å². The minimum absolute atomic E-state index is 0.157. The van der Waals surface area contributed by atoms with Gasteiger partial charge in [-0.25, -0.2) is 4.98 Å². The molecule has 0 aromatic carbocycles. The minimum Gasteiger partial charge on any atom is -0.392 e. The van der Waals surface area contributed by atoms with Crippen LogP contribution in [0.15, 0.2) is 17.7 Å². The fraction of sp³-hybridized carbons (Fsp3) is 0.545. The van der Waals surface area contributed by atoms with E-state index in [0.29, 0.717) is 0 Å². The Morgan fingerprint density at radius 3 is 2.64 bits per heavy atom. The molecule has 78 valence electrons. The van der Waals surface area contributed by atoms with Crippen molar-refractivity contribution in [2.24, 2.45) is 0 Å². The normalized spacial score (nSPS) is 11.4. The van der Waals surface area contributed by atoms with E-state index in [1.54, 1.807) is 11.3 Å². The van der Waals surface area contributed by atoms with Crippen molar-refractivity contribution in [1.82, 2.24) is 10.3 Å². The molecule has 0 amide bonds. The Labute approximate surface area is 90.1 Å². The van der Waals surface area contributed by atoms with Crippen molar-refractivity contribution < 1.29 is 0 Å². The second kappa shape index (κ2) is 4.13. The smallest absolute Gasteiger partial charge is 0.0982 e. The quantitative estimate of drug-likeness (QED) is 0.829. The van der Waals surface area contributed by atoms with E-state index >= 15 is 0 Å². The van der Waals surface area contributed by atoms with Crippen LogP contribution in [0.25, 0.3) is 0 Å². The number of nitrogens with one attached hydrogen (secondary N) is 1. The molecule has 0 bridgehead atoms. The van der Waals surface area contributed by atoms with Crippen LogP contribution in [0, 0.1) is 0 Å². The number of hydrogen-bond donors (Lipinski definition) is 1. The van der Waals surface area contributed by atoms with Crippen LogP contribution >= 0.6 is 11.3 Å². The zero-order valence-electron chi connectivity index (χ0n) is 9.35. The Hall–Kier alpha value is -0.830. The molecule has 14 heavy (non-hydrogen) atoms. The van der Waals surface area contributed by atoms with Gasteiger partial charge < -0.3 is 5.32 Å². The van der Waals surface area contributed by atoms with Crippen molar-refractivity contribution in [3.8, 4) is 0 Å². The summed E-state index contributed by atoms with van der Waals surface area (Å²) in [6.45, 7) is 10.4. The van der Waals surface area contributed by atoms with Crippen LogP contribution < -0.4 is 5.32 Å². The molecule has 3 heteroatoms. The molecule has 0 saturated carbocycles. The highest BCUT2D eigenvalue weighted by atomic mass is 32.1. The topological polar surface area (TPSA) is 24.9 Å². The second-order valence-electron chi connectivity index (χ2n) is 4.42. The van der Waals surface area contributed by atoms with Crippen LogP contribution in [0.2, 0.25) is 0 Å². The molecule has 0 fully saturated rings. The highest BCUT2D eigenvalue weighted by Gasteiger charge is 2.17. The van der Waals surface area contributed by atoms with Crippen molar-refractivity contribution in [3.05, 3.63) is 28.4 Å². The zero-order valence-corrected chi connectivity index (χ0v) is 10.2. The van der Waals surface area contributed by atoms with Crippen molar-refractivity contribution >= 4 is 11.3 Å². The summed E-state index contributed by atoms with van der Waals surface area (Å²) in [5.74, 6) is 0. The highest BCUT2D eigenvalue weighted by molar-refractivity contribution is 7.09. The molecule has 1 rings (SSSR count). The maximum Gasteiger partial charge on any atom is 0.0982 e. The monoisotopic (exact) mass is 210 g/mol. The molecule has 0 aliphatic heterocycles. The molecular weight excluding hydrogens is 192 g/mol. The summed E-state index contributed by atoms with van der Waals surface area (Å²) in [6, 6.07) is 0. The fourth-order valence-electron chi connectivity index (χ4n) is 1.04. The average molecular weight is 210 g/mol. The summed E-state index contributed by atoms with van der Waals surface area (Å²) in [5.41, 5.74) is 2.28. The number of nitrogens with zero attached hydrogens (tertiary/aromatic N) is 1. The van der Waals surface area contributed by atoms with E-state index in [1.165, 1.54) is 5.01 Å². The average Bonchev–Trinajstić information content (AvgIpc) is 2.51. The molecule has 0 aliphatic carbocycles. The zero-order chi connectivity index (χ0) is 10.8. The van der Waals surface area contributed by atoms with Gasteiger partial charge in [-0.2, -0.15) is 0 Å². The first kappa shape index (κ1) is 11.2. The SMILES string of the molecule is C=C(Cc1csc(C(C)(C)C)n1)NC. The first-order valence-electron chi connectivity index (χ1n) is 4.74. The molecule has 2 nitrogen and oxygen atoms in total. The summed E-state index contributed by atoms with van der Waals surface area (Å²) in [6.07, 6.45) is 0.822. The Morgan fingerprint density at radius 1 is 1.57 bits per heavy atom. The maximum atomic E-state index is 4.59. The Kier molecular flexibility index (Phi) is 3.32. The van der Waals surface area contributed by atoms with E-state index in [0.717, 1.165) is 17.8 Å². The standard InChI is InChI=1S/C11H18N2S/c1-8(12-5)6-9-7-14-10(13-9)11(2,3)4/h7,12H,1,6H2,2-5H3. The van der Waals surface area contributed by atoms with E-state index in [9.17, 15) is 0 Å². The van der Waals surface area contributed by atoms with E-state index < -0.39 is 0 Å². The van der Waals surface area contributed by atoms with Gasteiger partial charge in [0.1, 0.15) is 0 Å². The first-order chi connectivity index (χ1) is 6.43. The van der Waals surface area contributed by atoms with Gasteiger partial charge in [0, 0.05) is 30.0 Å². The third kappa shape index (κ3) is 2.84. The molecule has 1 N–H and O–H groups in total. The van der Waals surface area contributed by atoms with E-state index in [1.807, 2.05) is 7.05 Å². The van der Waals surface area contributed by atoms with Gasteiger partial charge in [-0.1, -0.05) is 27.4 Å². The van der Waals surface area contributed by atoms with Gasteiger partial charge >= 0.3 is 0 Å². The Bertz CT molecular complexity index is 320. The molecule has 0 radical (unpaired) electrons. The highest BCUT2D eigenvalue weighted by Crippen LogP contribution is 2.25. The molecule has 0 aliphatic rings. The number of likely N-dealkylation sites (N-methyl/N-ethyl adjacent to an activating group) is 1. The predicted octanol–water partition coefficient (Wildman–Crippen LogP) is 2.72. The molecule has 0 saturated heterocycles. The molecule has 1 aromatic rings. The van der Waals surface area contributed by atoms with Crippen molar-refractivity contribution in [2.75, 3.05) is 7.05 Å². The molecule has 1 heterocycles. The number of allylic oxidation sites excluding steroid dienone is 1. The van der Waals surface area contributed by atoms with E-state index in [2.05, 4.69) is 43.0 Å². The lowest BCUT2D eigenvalue weighted by Crippen LogP contribution is -2.11. The first-order valence-corrected chi connectivity index (χ1v) is 5.62. The lowest BCUT2D eigenvalue weighted by molar-refractivity contribution is 0.583. The molecule has 0 atom stereocenters. The second-order valence-corrected chi connectivity index (χ2v) is 5.28. The number of hydrogen-bond acceptors (Lipinski definition) is 3. The summed E-state index contributed by atoms with van der Waals surface area (Å²) in [5, 5.41) is 6.34. The van der Waals surface area contributed by atoms with Gasteiger partial charge in [0.25, 0.3) is 0 Å². The van der Waals surface area contributed by atoms with Crippen LogP contribution in [0.1, 0.15) is 31.5 Å². The molecule has 1 aromatic heterocycles. The van der Waals surface area contributed by atoms with Crippen LogP contribution in [-0.4, -0.2) is 12.0 Å². The summed E-state index contributed by atoms with van der Waals surface area (Å²) >= 11 is 1.73. The van der Waals surface area contributed by atoms with E-state index in [-0.39, 0.29) is 5.41 Å². The molecule has 0 spiro atoms. The minimum atomic E-state index is 0.157. The van der Waals surface area contributed by atoms with Crippen molar-refractivity contribution in [3.63, 3.8) is 0 Å². The van der Waals surface area contributed by atoms with Crippen molar-refractivity contribution in [1.29, 1.82) is 0 Å². The lowest BCUT2D eigenvalue weighted by atomic mass is 9.98. The largest absolute Gasteiger partial charge is 0.392 e. The van der Waals surface area contributed by atoms with Crippen LogP contribution in [0.5, 0.6) is 0 Å². The fourth-order valence-corrected chi connectivity index (χ4v) is 1.95. The summed E-state index contributed by atoms with van der Waals surface area (Å²) in [4.78, 5) is 4.59. The van der Waals surface area contributed by atoms with Crippen LogP contribution in [-0.2, 0) is 11.8 Å². The van der Waals surface area contributed by atoms with Gasteiger partial charge in [0.15, 0.2) is 0 Å². The van der Waals surface area contributed by atoms with Crippen LogP contribution in [0.3, 0.4) is 0 Å². The Morgan fingerprint density at radius 2 is 2.21 bits per heavy atom. The Balaban J connectivity index is 2.74. The van der Waals surface area contributed by atoms with E-state index in [4.69, 9.17) is 0 Å². The third-order valence-corrected chi connectivity index (χ3v) is 3.26. The number of thiazole rings is 1. The third-order valence-electron chi connectivity index (χ3n) is 1.94. The van der Waals surface area contributed by atoms with Gasteiger partial charge in [0.2, 0.25) is 0 Å². The van der Waals surface area contributed by atoms with Crippen molar-refractivity contribution in [2.45, 2.75) is 32.6 Å². The number of rotatable bonds is 3. The number of aromatic nitrogens is 1. The van der Waals surface area contributed by atoms with Gasteiger partial charge in [-0.05, 0) is 0 Å². The summed E-state index contributed by atoms with van der Waals surface area (Å²) in [7, 11) is 1.89. The molecule has 0 unspecified atom stereocenters.